The number of nitrogens with one attached hydrogen (secondary N) is 1. The van der Waals surface area contributed by atoms with E-state index in [1.807, 2.05) is 6.07 Å². The normalized spacial score (nSPS) is 17.5. The maximum absolute atomic E-state index is 5.39. The molecule has 3 N–H and O–H groups in total. The van der Waals surface area contributed by atoms with Crippen molar-refractivity contribution in [2.75, 3.05) is 0 Å². The number of thiophene rings is 1. The zero-order chi connectivity index (χ0) is 9.10. The van der Waals surface area contributed by atoms with Crippen molar-refractivity contribution in [2.24, 2.45) is 10.8 Å². The molecule has 3 nitrogen and oxygen atoms in total. The van der Waals surface area contributed by atoms with Gasteiger partial charge >= 0.3 is 0 Å². The van der Waals surface area contributed by atoms with Crippen molar-refractivity contribution in [3.63, 3.8) is 0 Å². The molecule has 13 heavy (non-hydrogen) atoms. The van der Waals surface area contributed by atoms with Gasteiger partial charge < -0.3 is 5.43 Å². The van der Waals surface area contributed by atoms with Gasteiger partial charge in [0.05, 0.1) is 6.04 Å². The van der Waals surface area contributed by atoms with Gasteiger partial charge in [-0.2, -0.15) is 0 Å². The van der Waals surface area contributed by atoms with Gasteiger partial charge in [-0.3, -0.25) is 4.99 Å². The first kappa shape index (κ1) is 8.72. The number of hydrogen-bond donors (Lipinski definition) is 2. The van der Waals surface area contributed by atoms with Gasteiger partial charge in [-0.15, -0.1) is 11.3 Å². The van der Waals surface area contributed by atoms with Gasteiger partial charge in [0, 0.05) is 11.3 Å². The van der Waals surface area contributed by atoms with E-state index in [1.165, 1.54) is 17.7 Å². The Morgan fingerprint density at radius 1 is 1.69 bits per heavy atom. The summed E-state index contributed by atoms with van der Waals surface area (Å²) in [6, 6.07) is 4.68. The second kappa shape index (κ2) is 3.89. The lowest BCUT2D eigenvalue weighted by Crippen LogP contribution is -2.32. The highest BCUT2D eigenvalue weighted by molar-refractivity contribution is 7.10. The van der Waals surface area contributed by atoms with E-state index >= 15 is 0 Å². The maximum Gasteiger partial charge on any atom is 0.116 e. The molecule has 1 saturated carbocycles. The van der Waals surface area contributed by atoms with Gasteiger partial charge in [-0.25, -0.2) is 5.84 Å². The third-order valence-corrected chi connectivity index (χ3v) is 2.85. The molecule has 0 radical (unpaired) electrons. The van der Waals surface area contributed by atoms with Crippen LogP contribution in [0.15, 0.2) is 22.5 Å². The van der Waals surface area contributed by atoms with Crippen molar-refractivity contribution in [3.8, 4) is 0 Å². The molecule has 0 aromatic carbocycles. The lowest BCUT2D eigenvalue weighted by atomic mass is 10.3. The molecule has 1 fully saturated rings. The molecule has 4 heteroatoms. The number of hydrogen-bond acceptors (Lipinski definition) is 3. The number of aliphatic imine (C=N–C) groups is 1. The van der Waals surface area contributed by atoms with E-state index in [2.05, 4.69) is 21.9 Å². The monoisotopic (exact) mass is 195 g/mol. The molecule has 1 aliphatic carbocycles. The van der Waals surface area contributed by atoms with Crippen LogP contribution in [0.2, 0.25) is 0 Å². The predicted octanol–water partition coefficient (Wildman–Crippen LogP) is 1.31. The van der Waals surface area contributed by atoms with E-state index in [1.54, 1.807) is 11.3 Å². The summed E-state index contributed by atoms with van der Waals surface area (Å²) >= 11 is 1.74. The van der Waals surface area contributed by atoms with Crippen molar-refractivity contribution in [3.05, 3.63) is 22.4 Å². The minimum Gasteiger partial charge on any atom is -0.312 e. The van der Waals surface area contributed by atoms with Crippen LogP contribution in [0, 0.1) is 0 Å². The molecule has 0 aliphatic heterocycles. The number of nitrogens with two attached hydrogens (primary N) is 1. The van der Waals surface area contributed by atoms with Gasteiger partial charge in [0.1, 0.15) is 5.84 Å². The van der Waals surface area contributed by atoms with Crippen molar-refractivity contribution < 1.29 is 0 Å². The van der Waals surface area contributed by atoms with E-state index in [0.717, 1.165) is 12.3 Å². The highest BCUT2D eigenvalue weighted by Crippen LogP contribution is 2.23. The van der Waals surface area contributed by atoms with Gasteiger partial charge in [0.15, 0.2) is 0 Å². The van der Waals surface area contributed by atoms with Crippen molar-refractivity contribution >= 4 is 17.2 Å². The van der Waals surface area contributed by atoms with Crippen LogP contribution in [-0.4, -0.2) is 11.9 Å². The Hall–Kier alpha value is -0.870. The number of nitrogens with zero attached hydrogens (tertiary/aromatic N) is 1. The second-order valence-electron chi connectivity index (χ2n) is 3.21. The van der Waals surface area contributed by atoms with Crippen LogP contribution in [0.3, 0.4) is 0 Å². The summed E-state index contributed by atoms with van der Waals surface area (Å²) in [5, 5.41) is 2.07. The molecule has 1 aromatic heterocycles. The summed E-state index contributed by atoms with van der Waals surface area (Å²) in [4.78, 5) is 5.77. The highest BCUT2D eigenvalue weighted by atomic mass is 32.1. The highest BCUT2D eigenvalue weighted by Gasteiger charge is 2.20. The van der Waals surface area contributed by atoms with E-state index in [0.29, 0.717) is 6.04 Å². The van der Waals surface area contributed by atoms with Crippen LogP contribution in [-0.2, 0) is 6.42 Å². The summed E-state index contributed by atoms with van der Waals surface area (Å²) in [5.74, 6) is 6.30. The standard InChI is InChI=1S/C9H13N3S/c10-12-9(11-7-3-4-7)6-8-2-1-5-13-8/h1-2,5,7H,3-4,6,10H2,(H,11,12). The van der Waals surface area contributed by atoms with E-state index < -0.39 is 0 Å². The van der Waals surface area contributed by atoms with Crippen LogP contribution in [0.1, 0.15) is 17.7 Å². The number of amidine groups is 1. The summed E-state index contributed by atoms with van der Waals surface area (Å²) in [7, 11) is 0. The van der Waals surface area contributed by atoms with E-state index in [9.17, 15) is 0 Å². The van der Waals surface area contributed by atoms with Crippen LogP contribution in [0.5, 0.6) is 0 Å². The van der Waals surface area contributed by atoms with Crippen molar-refractivity contribution in [1.82, 2.24) is 5.43 Å². The first-order valence-corrected chi connectivity index (χ1v) is 5.32. The molecular weight excluding hydrogens is 182 g/mol. The predicted molar refractivity (Wildman–Crippen MR) is 55.8 cm³/mol. The van der Waals surface area contributed by atoms with Crippen LogP contribution in [0.4, 0.5) is 0 Å². The van der Waals surface area contributed by atoms with Gasteiger partial charge in [0.25, 0.3) is 0 Å². The molecule has 0 atom stereocenters. The SMILES string of the molecule is NNC(Cc1cccs1)=NC1CC1. The summed E-state index contributed by atoms with van der Waals surface area (Å²) in [5.41, 5.74) is 2.67. The van der Waals surface area contributed by atoms with E-state index in [-0.39, 0.29) is 0 Å². The molecule has 2 rings (SSSR count). The number of rotatable bonds is 3. The fourth-order valence-electron chi connectivity index (χ4n) is 1.14. The van der Waals surface area contributed by atoms with Crippen molar-refractivity contribution in [1.29, 1.82) is 0 Å². The maximum atomic E-state index is 5.39. The largest absolute Gasteiger partial charge is 0.312 e. The Morgan fingerprint density at radius 3 is 3.08 bits per heavy atom. The molecule has 0 saturated heterocycles. The van der Waals surface area contributed by atoms with Crippen LogP contribution in [0.25, 0.3) is 0 Å². The third kappa shape index (κ3) is 2.54. The van der Waals surface area contributed by atoms with Gasteiger partial charge in [0.2, 0.25) is 0 Å². The van der Waals surface area contributed by atoms with Crippen LogP contribution < -0.4 is 11.3 Å². The fourth-order valence-corrected chi connectivity index (χ4v) is 1.85. The Balaban J connectivity index is 1.97. The minimum atomic E-state index is 0.533. The molecule has 0 amide bonds. The lowest BCUT2D eigenvalue weighted by Gasteiger charge is -2.02. The Kier molecular flexibility index (Phi) is 2.61. The zero-order valence-electron chi connectivity index (χ0n) is 7.36. The average Bonchev–Trinajstić information content (AvgIpc) is 2.80. The van der Waals surface area contributed by atoms with Gasteiger partial charge in [-0.1, -0.05) is 6.07 Å². The number of hydrazine groups is 1. The molecular formula is C9H13N3S. The molecule has 1 aromatic rings. The lowest BCUT2D eigenvalue weighted by molar-refractivity contribution is 0.944. The van der Waals surface area contributed by atoms with E-state index in [4.69, 9.17) is 5.84 Å². The fraction of sp³-hybridized carbons (Fsp3) is 0.444. The van der Waals surface area contributed by atoms with Crippen LogP contribution >= 0.6 is 11.3 Å². The molecule has 0 unspecified atom stereocenters. The average molecular weight is 195 g/mol. The van der Waals surface area contributed by atoms with Gasteiger partial charge in [-0.05, 0) is 24.3 Å². The smallest absolute Gasteiger partial charge is 0.116 e. The molecule has 1 aliphatic rings. The molecule has 1 heterocycles. The topological polar surface area (TPSA) is 50.4 Å². The Labute approximate surface area is 81.6 Å². The first-order chi connectivity index (χ1) is 6.38. The van der Waals surface area contributed by atoms with Crippen molar-refractivity contribution in [2.45, 2.75) is 25.3 Å². The summed E-state index contributed by atoms with van der Waals surface area (Å²) in [6.45, 7) is 0. The molecule has 0 bridgehead atoms. The Bertz CT molecular complexity index is 288. The molecule has 0 spiro atoms. The third-order valence-electron chi connectivity index (χ3n) is 1.97. The quantitative estimate of drug-likeness (QED) is 0.331. The Morgan fingerprint density at radius 2 is 2.54 bits per heavy atom. The summed E-state index contributed by atoms with van der Waals surface area (Å²) < 4.78 is 0. The first-order valence-electron chi connectivity index (χ1n) is 4.44. The second-order valence-corrected chi connectivity index (χ2v) is 4.24. The summed E-state index contributed by atoms with van der Waals surface area (Å²) in [6.07, 6.45) is 3.27. The zero-order valence-corrected chi connectivity index (χ0v) is 8.18. The molecule has 70 valence electrons. The minimum absolute atomic E-state index is 0.533.